The van der Waals surface area contributed by atoms with Gasteiger partial charge in [0.2, 0.25) is 0 Å². The smallest absolute Gasteiger partial charge is 0.268 e. The van der Waals surface area contributed by atoms with Crippen LogP contribution in [0.15, 0.2) is 69.6 Å². The lowest BCUT2D eigenvalue weighted by Crippen LogP contribution is -2.22. The molecule has 0 amide bonds. The van der Waals surface area contributed by atoms with Crippen LogP contribution < -0.4 is 5.56 Å². The third-order valence-electron chi connectivity index (χ3n) is 4.75. The van der Waals surface area contributed by atoms with Crippen molar-refractivity contribution in [2.24, 2.45) is 10.2 Å². The van der Waals surface area contributed by atoms with Gasteiger partial charge in [0.05, 0.1) is 22.5 Å². The van der Waals surface area contributed by atoms with Crippen molar-refractivity contribution in [3.63, 3.8) is 0 Å². The molecule has 29 heavy (non-hydrogen) atoms. The molecule has 0 unspecified atom stereocenters. The van der Waals surface area contributed by atoms with Crippen LogP contribution in [-0.4, -0.2) is 14.5 Å². The molecule has 0 aliphatic carbocycles. The Labute approximate surface area is 172 Å². The Morgan fingerprint density at radius 1 is 0.966 bits per heavy atom. The van der Waals surface area contributed by atoms with E-state index in [1.165, 1.54) is 4.57 Å². The Kier molecular flexibility index (Phi) is 4.90. The highest BCUT2D eigenvalue weighted by molar-refractivity contribution is 7.71. The molecule has 0 fully saturated rings. The second-order valence-corrected chi connectivity index (χ2v) is 7.22. The number of H-pyrrole nitrogens is 1. The van der Waals surface area contributed by atoms with E-state index in [0.717, 1.165) is 11.3 Å². The van der Waals surface area contributed by atoms with Crippen molar-refractivity contribution in [3.05, 3.63) is 86.5 Å². The summed E-state index contributed by atoms with van der Waals surface area (Å²) in [6.07, 6.45) is 0. The molecule has 144 valence electrons. The first-order valence-electron chi connectivity index (χ1n) is 9.16. The van der Waals surface area contributed by atoms with E-state index in [9.17, 15) is 4.79 Å². The van der Waals surface area contributed by atoms with Crippen molar-refractivity contribution >= 4 is 34.6 Å². The highest BCUT2D eigenvalue weighted by atomic mass is 32.1. The summed E-state index contributed by atoms with van der Waals surface area (Å²) in [6.45, 7) is 5.69. The second-order valence-electron chi connectivity index (χ2n) is 6.84. The molecular formula is C22H19N5OS. The van der Waals surface area contributed by atoms with Crippen LogP contribution in [0.25, 0.3) is 16.7 Å². The second kappa shape index (κ2) is 7.52. The SMILES string of the molecule is Cc1ccc(-n2c(=S)[nH]c3nc(C)c(N=Nc4ccccc4)c(C)c3c2=O)cc1. The van der Waals surface area contributed by atoms with Crippen LogP contribution in [0.1, 0.15) is 16.8 Å². The van der Waals surface area contributed by atoms with Crippen molar-refractivity contribution in [2.75, 3.05) is 0 Å². The Morgan fingerprint density at radius 3 is 2.34 bits per heavy atom. The van der Waals surface area contributed by atoms with Gasteiger partial charge in [0.25, 0.3) is 5.56 Å². The maximum atomic E-state index is 13.4. The number of pyridine rings is 1. The average Bonchev–Trinajstić information content (AvgIpc) is 2.69. The number of hydrogen-bond donors (Lipinski definition) is 1. The van der Waals surface area contributed by atoms with Crippen molar-refractivity contribution in [1.29, 1.82) is 0 Å². The summed E-state index contributed by atoms with van der Waals surface area (Å²) in [6, 6.07) is 17.1. The van der Waals surface area contributed by atoms with Crippen LogP contribution in [0.3, 0.4) is 0 Å². The largest absolute Gasteiger partial charge is 0.316 e. The maximum Gasteiger partial charge on any atom is 0.268 e. The monoisotopic (exact) mass is 401 g/mol. The molecule has 4 aromatic rings. The molecule has 0 radical (unpaired) electrons. The number of hydrogen-bond acceptors (Lipinski definition) is 5. The predicted molar refractivity (Wildman–Crippen MR) is 117 cm³/mol. The van der Waals surface area contributed by atoms with Gasteiger partial charge >= 0.3 is 0 Å². The van der Waals surface area contributed by atoms with Crippen LogP contribution in [0, 0.1) is 25.5 Å². The van der Waals surface area contributed by atoms with E-state index in [-0.39, 0.29) is 5.56 Å². The third kappa shape index (κ3) is 3.52. The molecule has 6 nitrogen and oxygen atoms in total. The molecule has 0 spiro atoms. The normalized spacial score (nSPS) is 11.4. The summed E-state index contributed by atoms with van der Waals surface area (Å²) in [7, 11) is 0. The summed E-state index contributed by atoms with van der Waals surface area (Å²) in [5.41, 5.74) is 4.74. The molecular weight excluding hydrogens is 382 g/mol. The Bertz CT molecular complexity index is 1350. The highest BCUT2D eigenvalue weighted by Crippen LogP contribution is 2.28. The lowest BCUT2D eigenvalue weighted by molar-refractivity contribution is 0.927. The van der Waals surface area contributed by atoms with Gasteiger partial charge in [-0.1, -0.05) is 35.9 Å². The molecule has 0 aliphatic rings. The molecule has 7 heteroatoms. The zero-order valence-corrected chi connectivity index (χ0v) is 17.1. The maximum absolute atomic E-state index is 13.4. The number of fused-ring (bicyclic) bond motifs is 1. The van der Waals surface area contributed by atoms with Gasteiger partial charge in [-0.25, -0.2) is 4.98 Å². The highest BCUT2D eigenvalue weighted by Gasteiger charge is 2.16. The quantitative estimate of drug-likeness (QED) is 0.349. The van der Waals surface area contributed by atoms with Crippen LogP contribution >= 0.6 is 12.2 Å². The Morgan fingerprint density at radius 2 is 1.66 bits per heavy atom. The van der Waals surface area contributed by atoms with E-state index in [2.05, 4.69) is 20.2 Å². The van der Waals surface area contributed by atoms with Gasteiger partial charge < -0.3 is 4.98 Å². The van der Waals surface area contributed by atoms with Gasteiger partial charge in [-0.15, -0.1) is 5.11 Å². The van der Waals surface area contributed by atoms with Gasteiger partial charge in [0, 0.05) is 0 Å². The predicted octanol–water partition coefficient (Wildman–Crippen LogP) is 5.78. The summed E-state index contributed by atoms with van der Waals surface area (Å²) >= 11 is 5.44. The third-order valence-corrected chi connectivity index (χ3v) is 5.03. The number of nitrogens with one attached hydrogen (secondary N) is 1. The number of aromatic nitrogens is 3. The van der Waals surface area contributed by atoms with Crippen LogP contribution in [0.2, 0.25) is 0 Å². The average molecular weight is 401 g/mol. The number of nitrogens with zero attached hydrogens (tertiary/aromatic N) is 4. The minimum Gasteiger partial charge on any atom is -0.316 e. The number of benzene rings is 2. The summed E-state index contributed by atoms with van der Waals surface area (Å²) in [5, 5.41) is 9.12. The summed E-state index contributed by atoms with van der Waals surface area (Å²) in [4.78, 5) is 21.0. The number of aromatic amines is 1. The molecule has 4 rings (SSSR count). The van der Waals surface area contributed by atoms with Crippen molar-refractivity contribution < 1.29 is 0 Å². The fourth-order valence-corrected chi connectivity index (χ4v) is 3.52. The Hall–Kier alpha value is -3.45. The van der Waals surface area contributed by atoms with Crippen molar-refractivity contribution in [2.45, 2.75) is 20.8 Å². The van der Waals surface area contributed by atoms with E-state index in [1.54, 1.807) is 0 Å². The first kappa shape index (κ1) is 18.9. The molecule has 0 saturated carbocycles. The van der Waals surface area contributed by atoms with E-state index >= 15 is 0 Å². The van der Waals surface area contributed by atoms with E-state index < -0.39 is 0 Å². The molecule has 0 aliphatic heterocycles. The van der Waals surface area contributed by atoms with Crippen molar-refractivity contribution in [3.8, 4) is 5.69 Å². The van der Waals surface area contributed by atoms with E-state index in [0.29, 0.717) is 38.4 Å². The lowest BCUT2D eigenvalue weighted by atomic mass is 10.1. The van der Waals surface area contributed by atoms with E-state index in [1.807, 2.05) is 75.4 Å². The number of rotatable bonds is 3. The lowest BCUT2D eigenvalue weighted by Gasteiger charge is -2.12. The van der Waals surface area contributed by atoms with Crippen LogP contribution in [0.4, 0.5) is 11.4 Å². The molecule has 0 bridgehead atoms. The fourth-order valence-electron chi connectivity index (χ4n) is 3.24. The van der Waals surface area contributed by atoms with Crippen LogP contribution in [-0.2, 0) is 0 Å². The topological polar surface area (TPSA) is 75.4 Å². The van der Waals surface area contributed by atoms with Gasteiger partial charge in [0.15, 0.2) is 4.77 Å². The van der Waals surface area contributed by atoms with Gasteiger partial charge in [0.1, 0.15) is 11.3 Å². The number of aryl methyl sites for hydroxylation is 3. The van der Waals surface area contributed by atoms with Crippen molar-refractivity contribution in [1.82, 2.24) is 14.5 Å². The zero-order valence-electron chi connectivity index (χ0n) is 16.3. The molecule has 2 aromatic heterocycles. The fraction of sp³-hybridized carbons (Fsp3) is 0.136. The Balaban J connectivity index is 1.95. The van der Waals surface area contributed by atoms with Gasteiger partial charge in [-0.2, -0.15) is 5.11 Å². The molecule has 0 atom stereocenters. The zero-order chi connectivity index (χ0) is 20.5. The first-order valence-corrected chi connectivity index (χ1v) is 9.56. The minimum atomic E-state index is -0.228. The van der Waals surface area contributed by atoms with Gasteiger partial charge in [-0.05, 0) is 62.8 Å². The molecule has 0 saturated heterocycles. The summed E-state index contributed by atoms with van der Waals surface area (Å²) < 4.78 is 1.79. The summed E-state index contributed by atoms with van der Waals surface area (Å²) in [5.74, 6) is 0. The first-order chi connectivity index (χ1) is 14.0. The van der Waals surface area contributed by atoms with Gasteiger partial charge in [-0.3, -0.25) is 9.36 Å². The van der Waals surface area contributed by atoms with E-state index in [4.69, 9.17) is 12.2 Å². The van der Waals surface area contributed by atoms with Crippen LogP contribution in [0.5, 0.6) is 0 Å². The molecule has 2 heterocycles. The molecule has 2 aromatic carbocycles. The number of azo groups is 1. The standard InChI is InChI=1S/C22H19N5OS/c1-13-9-11-17(12-10-13)27-21(28)18-14(2)19(15(3)23-20(18)24-22(27)29)26-25-16-7-5-4-6-8-16/h4-12H,1-3H3,(H,23,24,29). The molecule has 1 N–H and O–H groups in total. The minimum absolute atomic E-state index is 0.228.